The van der Waals surface area contributed by atoms with Crippen molar-refractivity contribution < 1.29 is 10.2 Å². The van der Waals surface area contributed by atoms with Gasteiger partial charge in [-0.2, -0.15) is 0 Å². The van der Waals surface area contributed by atoms with Crippen LogP contribution in [0.2, 0.25) is 0 Å². The number of rotatable bonds is 2. The molecule has 0 heterocycles. The summed E-state index contributed by atoms with van der Waals surface area (Å²) in [6.07, 6.45) is 0. The highest BCUT2D eigenvalue weighted by Gasteiger charge is 2.42. The second kappa shape index (κ2) is 3.49. The van der Waals surface area contributed by atoms with Crippen LogP contribution in [-0.2, 0) is 0 Å². The topological polar surface area (TPSA) is 40.5 Å². The number of halogens is 4. The Morgan fingerprint density at radius 1 is 1.11 bits per heavy atom. The van der Waals surface area contributed by atoms with Gasteiger partial charge in [-0.25, -0.2) is 0 Å². The van der Waals surface area contributed by atoms with Gasteiger partial charge in [-0.1, -0.05) is 47.8 Å². The van der Waals surface area contributed by atoms with Crippen molar-refractivity contribution in [3.8, 4) is 0 Å². The Morgan fingerprint density at radius 2 is 1.44 bits per heavy atom. The highest BCUT2D eigenvalue weighted by atomic mass is 79.9. The maximum Gasteiger partial charge on any atom is 0.248 e. The zero-order valence-electron chi connectivity index (χ0n) is 4.11. The molecular formula is C3H4Br4O2. The number of hydrogen-bond donors (Lipinski definition) is 2. The molecule has 2 nitrogen and oxygen atoms in total. The second-order valence-electron chi connectivity index (χ2n) is 1.43. The minimum atomic E-state index is -1.95. The molecule has 0 rings (SSSR count). The number of hydrogen-bond acceptors (Lipinski definition) is 2. The minimum absolute atomic E-state index is 0.359. The fourth-order valence-electron chi connectivity index (χ4n) is 0.0850. The van der Waals surface area contributed by atoms with Crippen LogP contribution < -0.4 is 0 Å². The molecule has 6 heteroatoms. The Balaban J connectivity index is 4.14. The van der Waals surface area contributed by atoms with Crippen molar-refractivity contribution in [3.63, 3.8) is 0 Å². The van der Waals surface area contributed by atoms with E-state index in [0.29, 0.717) is 5.33 Å². The van der Waals surface area contributed by atoms with Gasteiger partial charge in [0.25, 0.3) is 0 Å². The lowest BCUT2D eigenvalue weighted by Crippen LogP contribution is -2.40. The standard InChI is InChI=1S/C3H4Br4O2/c4-1-2(5,6)3(7,8)9/h8-9H,1H2. The monoisotopic (exact) mass is 388 g/mol. The third kappa shape index (κ3) is 3.16. The molecule has 0 saturated heterocycles. The van der Waals surface area contributed by atoms with E-state index in [4.69, 9.17) is 10.2 Å². The van der Waals surface area contributed by atoms with Gasteiger partial charge in [-0.15, -0.1) is 0 Å². The molecule has 0 spiro atoms. The van der Waals surface area contributed by atoms with Crippen molar-refractivity contribution >= 4 is 63.7 Å². The lowest BCUT2D eigenvalue weighted by atomic mass is 10.5. The van der Waals surface area contributed by atoms with Gasteiger partial charge in [0.05, 0.1) is 0 Å². The second-order valence-corrected chi connectivity index (χ2v) is 6.86. The Morgan fingerprint density at radius 3 is 1.44 bits per heavy atom. The molecule has 0 saturated carbocycles. The van der Waals surface area contributed by atoms with Gasteiger partial charge in [0.15, 0.2) is 3.23 Å². The van der Waals surface area contributed by atoms with Gasteiger partial charge in [-0.3, -0.25) is 0 Å². The van der Waals surface area contributed by atoms with Crippen LogP contribution in [0, 0.1) is 0 Å². The van der Waals surface area contributed by atoms with E-state index in [1.165, 1.54) is 0 Å². The van der Waals surface area contributed by atoms with Crippen LogP contribution in [0.3, 0.4) is 0 Å². The third-order valence-corrected chi connectivity index (χ3v) is 6.39. The Hall–Kier alpha value is 1.84. The summed E-state index contributed by atoms with van der Waals surface area (Å²) in [4.78, 5) is 0. The largest absolute Gasteiger partial charge is 0.355 e. The molecular weight excluding hydrogens is 388 g/mol. The Bertz CT molecular complexity index is 96.5. The molecule has 0 unspecified atom stereocenters. The van der Waals surface area contributed by atoms with Crippen LogP contribution in [0.5, 0.6) is 0 Å². The predicted octanol–water partition coefficient (Wildman–Crippen LogP) is 1.90. The molecule has 0 aliphatic heterocycles. The van der Waals surface area contributed by atoms with E-state index in [9.17, 15) is 0 Å². The molecule has 56 valence electrons. The summed E-state index contributed by atoms with van der Waals surface area (Å²) >= 11 is 11.8. The summed E-state index contributed by atoms with van der Waals surface area (Å²) in [5.41, 5.74) is 0. The van der Waals surface area contributed by atoms with E-state index in [2.05, 4.69) is 63.7 Å². The van der Waals surface area contributed by atoms with Crippen LogP contribution in [-0.4, -0.2) is 23.5 Å². The average Bonchev–Trinajstić information content (AvgIpc) is 1.64. The van der Waals surface area contributed by atoms with Crippen molar-refractivity contribution in [1.82, 2.24) is 0 Å². The normalized spacial score (nSPS) is 14.0. The van der Waals surface area contributed by atoms with E-state index < -0.39 is 7.93 Å². The van der Waals surface area contributed by atoms with Gasteiger partial charge >= 0.3 is 0 Å². The molecule has 0 amide bonds. The first-order chi connectivity index (χ1) is 3.81. The zero-order valence-corrected chi connectivity index (χ0v) is 10.5. The Labute approximate surface area is 86.5 Å². The van der Waals surface area contributed by atoms with Crippen molar-refractivity contribution in [2.75, 3.05) is 5.33 Å². The van der Waals surface area contributed by atoms with Crippen molar-refractivity contribution in [1.29, 1.82) is 0 Å². The van der Waals surface area contributed by atoms with Crippen LogP contribution in [0.15, 0.2) is 0 Å². The molecule has 0 atom stereocenters. The summed E-state index contributed by atoms with van der Waals surface area (Å²) in [6.45, 7) is 0. The molecule has 0 aromatic carbocycles. The van der Waals surface area contributed by atoms with Gasteiger partial charge in [-0.05, 0) is 15.9 Å². The van der Waals surface area contributed by atoms with E-state index >= 15 is 0 Å². The van der Waals surface area contributed by atoms with Gasteiger partial charge in [0.1, 0.15) is 0 Å². The van der Waals surface area contributed by atoms with E-state index in [1.807, 2.05) is 0 Å². The highest BCUT2D eigenvalue weighted by molar-refractivity contribution is 9.27. The first-order valence-corrected chi connectivity index (χ1v) is 5.39. The van der Waals surface area contributed by atoms with Gasteiger partial charge in [0, 0.05) is 5.33 Å². The molecule has 9 heavy (non-hydrogen) atoms. The summed E-state index contributed by atoms with van der Waals surface area (Å²) in [5, 5.41) is 18.1. The lowest BCUT2D eigenvalue weighted by molar-refractivity contribution is -0.0689. The summed E-state index contributed by atoms with van der Waals surface area (Å²) in [6, 6.07) is 0. The minimum Gasteiger partial charge on any atom is -0.355 e. The maximum absolute atomic E-state index is 8.89. The van der Waals surface area contributed by atoms with Crippen molar-refractivity contribution in [2.24, 2.45) is 0 Å². The van der Waals surface area contributed by atoms with E-state index in [1.54, 1.807) is 0 Å². The van der Waals surface area contributed by atoms with E-state index in [0.717, 1.165) is 0 Å². The predicted molar refractivity (Wildman–Crippen MR) is 50.5 cm³/mol. The zero-order chi connectivity index (χ0) is 7.71. The van der Waals surface area contributed by atoms with Gasteiger partial charge < -0.3 is 10.2 Å². The summed E-state index contributed by atoms with van der Waals surface area (Å²) < 4.78 is -2.91. The first-order valence-electron chi connectivity index (χ1n) is 1.88. The maximum atomic E-state index is 8.89. The highest BCUT2D eigenvalue weighted by Crippen LogP contribution is 2.41. The fraction of sp³-hybridized carbons (Fsp3) is 1.00. The summed E-state index contributed by atoms with van der Waals surface area (Å²) in [5.74, 6) is 0. The molecule has 0 radical (unpaired) electrons. The Kier molecular flexibility index (Phi) is 4.21. The SMILES string of the molecule is OC(O)(Br)C(Br)(Br)CBr. The molecule has 0 fully saturated rings. The van der Waals surface area contributed by atoms with Crippen LogP contribution in [0.25, 0.3) is 0 Å². The number of alkyl halides is 4. The lowest BCUT2D eigenvalue weighted by Gasteiger charge is -2.27. The smallest absolute Gasteiger partial charge is 0.248 e. The first kappa shape index (κ1) is 10.8. The van der Waals surface area contributed by atoms with Gasteiger partial charge in [0.2, 0.25) is 4.70 Å². The average molecular weight is 392 g/mol. The number of aliphatic hydroxyl groups is 2. The summed E-state index contributed by atoms with van der Waals surface area (Å²) in [7, 11) is 0. The molecule has 0 aliphatic carbocycles. The molecule has 0 aromatic heterocycles. The van der Waals surface area contributed by atoms with Crippen molar-refractivity contribution in [3.05, 3.63) is 0 Å². The molecule has 2 N–H and O–H groups in total. The van der Waals surface area contributed by atoms with E-state index in [-0.39, 0.29) is 0 Å². The third-order valence-electron chi connectivity index (χ3n) is 0.633. The molecule has 0 aromatic rings. The molecule has 0 bridgehead atoms. The van der Waals surface area contributed by atoms with Crippen LogP contribution >= 0.6 is 63.7 Å². The molecule has 0 aliphatic rings. The van der Waals surface area contributed by atoms with Crippen molar-refractivity contribution in [2.45, 2.75) is 7.93 Å². The van der Waals surface area contributed by atoms with Crippen LogP contribution in [0.1, 0.15) is 0 Å². The fourth-order valence-corrected chi connectivity index (χ4v) is 0.992. The van der Waals surface area contributed by atoms with Crippen LogP contribution in [0.4, 0.5) is 0 Å². The quantitative estimate of drug-likeness (QED) is 0.558.